The second-order valence-corrected chi connectivity index (χ2v) is 5.32. The van der Waals surface area contributed by atoms with Gasteiger partial charge in [0.25, 0.3) is 0 Å². The molecule has 1 aromatic carbocycles. The molecular weight excluding hydrogens is 315 g/mol. The summed E-state index contributed by atoms with van der Waals surface area (Å²) < 4.78 is 13.2. The summed E-state index contributed by atoms with van der Waals surface area (Å²) in [6.07, 6.45) is 5.85. The number of nitrogens with one attached hydrogen (secondary N) is 1. The highest BCUT2D eigenvalue weighted by Crippen LogP contribution is 2.23. The number of anilines is 1. The first-order valence-corrected chi connectivity index (χ1v) is 7.51. The third-order valence-electron chi connectivity index (χ3n) is 3.28. The summed E-state index contributed by atoms with van der Waals surface area (Å²) in [4.78, 5) is 12.9. The van der Waals surface area contributed by atoms with E-state index in [1.54, 1.807) is 24.7 Å². The van der Waals surface area contributed by atoms with Gasteiger partial charge >= 0.3 is 0 Å². The van der Waals surface area contributed by atoms with Gasteiger partial charge in [-0.3, -0.25) is 9.97 Å². The molecule has 0 aliphatic carbocycles. The van der Waals surface area contributed by atoms with Crippen LogP contribution in [0.2, 0.25) is 5.02 Å². The van der Waals surface area contributed by atoms with Gasteiger partial charge in [0.1, 0.15) is 11.6 Å². The zero-order valence-electron chi connectivity index (χ0n) is 12.2. The van der Waals surface area contributed by atoms with Gasteiger partial charge in [-0.2, -0.15) is 0 Å². The van der Waals surface area contributed by atoms with Crippen LogP contribution in [-0.2, 0) is 6.42 Å². The van der Waals surface area contributed by atoms with Crippen LogP contribution in [-0.4, -0.2) is 21.5 Å². The Labute approximate surface area is 138 Å². The maximum atomic E-state index is 13.2. The van der Waals surface area contributed by atoms with Gasteiger partial charge in [-0.05, 0) is 30.3 Å². The van der Waals surface area contributed by atoms with E-state index in [0.29, 0.717) is 18.1 Å². The molecule has 0 fully saturated rings. The highest BCUT2D eigenvalue weighted by atomic mass is 35.5. The molecule has 0 aliphatic rings. The SMILES string of the molecule is Fc1ccc(-c2cnc(NCCc3ccccn3)cn2)cc1Cl. The standard InChI is InChI=1S/C17H14ClFN4/c18-14-9-12(4-5-15(14)19)16-10-23-17(11-22-16)21-8-6-13-3-1-2-7-20-13/h1-5,7,9-11H,6,8H2,(H,21,23). The van der Waals surface area contributed by atoms with E-state index in [4.69, 9.17) is 11.6 Å². The fraction of sp³-hybridized carbons (Fsp3) is 0.118. The van der Waals surface area contributed by atoms with Crippen molar-refractivity contribution >= 4 is 17.4 Å². The van der Waals surface area contributed by atoms with Gasteiger partial charge in [0, 0.05) is 30.4 Å². The number of rotatable bonds is 5. The van der Waals surface area contributed by atoms with Gasteiger partial charge in [-0.1, -0.05) is 17.7 Å². The normalized spacial score (nSPS) is 10.5. The average Bonchev–Trinajstić information content (AvgIpc) is 2.59. The molecule has 6 heteroatoms. The number of aromatic nitrogens is 3. The lowest BCUT2D eigenvalue weighted by Crippen LogP contribution is -2.07. The third-order valence-corrected chi connectivity index (χ3v) is 3.57. The van der Waals surface area contributed by atoms with Gasteiger partial charge in [0.2, 0.25) is 0 Å². The smallest absolute Gasteiger partial charge is 0.144 e. The minimum atomic E-state index is -0.448. The lowest BCUT2D eigenvalue weighted by atomic mass is 10.1. The second-order valence-electron chi connectivity index (χ2n) is 4.91. The van der Waals surface area contributed by atoms with Crippen molar-refractivity contribution < 1.29 is 4.39 Å². The molecule has 0 saturated carbocycles. The molecule has 0 saturated heterocycles. The van der Waals surface area contributed by atoms with Gasteiger partial charge in [-0.15, -0.1) is 0 Å². The van der Waals surface area contributed by atoms with Crippen LogP contribution in [0.3, 0.4) is 0 Å². The molecule has 1 N–H and O–H groups in total. The van der Waals surface area contributed by atoms with E-state index in [1.807, 2.05) is 18.2 Å². The molecule has 0 bridgehead atoms. The van der Waals surface area contributed by atoms with Crippen molar-refractivity contribution in [2.75, 3.05) is 11.9 Å². The molecule has 23 heavy (non-hydrogen) atoms. The molecule has 0 aliphatic heterocycles. The van der Waals surface area contributed by atoms with E-state index in [0.717, 1.165) is 17.7 Å². The molecule has 3 rings (SSSR count). The number of benzene rings is 1. The molecule has 116 valence electrons. The summed E-state index contributed by atoms with van der Waals surface area (Å²) in [5, 5.41) is 3.26. The van der Waals surface area contributed by atoms with Gasteiger partial charge in [0.05, 0.1) is 23.1 Å². The van der Waals surface area contributed by atoms with Crippen molar-refractivity contribution in [3.05, 3.63) is 71.5 Å². The maximum Gasteiger partial charge on any atom is 0.144 e. The first kappa shape index (κ1) is 15.4. The van der Waals surface area contributed by atoms with E-state index < -0.39 is 5.82 Å². The molecule has 0 spiro atoms. The van der Waals surface area contributed by atoms with Crippen LogP contribution in [0.15, 0.2) is 55.0 Å². The monoisotopic (exact) mass is 328 g/mol. The van der Waals surface area contributed by atoms with Gasteiger partial charge in [-0.25, -0.2) is 9.37 Å². The Morgan fingerprint density at radius 2 is 1.96 bits per heavy atom. The lowest BCUT2D eigenvalue weighted by molar-refractivity contribution is 0.628. The molecule has 4 nitrogen and oxygen atoms in total. The van der Waals surface area contributed by atoms with Crippen molar-refractivity contribution in [2.24, 2.45) is 0 Å². The molecule has 2 aromatic heterocycles. The number of hydrogen-bond donors (Lipinski definition) is 1. The van der Waals surface area contributed by atoms with Crippen LogP contribution in [0, 0.1) is 5.82 Å². The van der Waals surface area contributed by atoms with Gasteiger partial charge < -0.3 is 5.32 Å². The zero-order valence-corrected chi connectivity index (χ0v) is 13.0. The summed E-state index contributed by atoms with van der Waals surface area (Å²) in [7, 11) is 0. The van der Waals surface area contributed by atoms with E-state index in [1.165, 1.54) is 12.1 Å². The molecule has 0 radical (unpaired) electrons. The Bertz CT molecular complexity index is 778. The molecule has 2 heterocycles. The van der Waals surface area contributed by atoms with Crippen LogP contribution < -0.4 is 5.32 Å². The van der Waals surface area contributed by atoms with Crippen LogP contribution in [0.1, 0.15) is 5.69 Å². The third kappa shape index (κ3) is 4.02. The first-order chi connectivity index (χ1) is 11.2. The summed E-state index contributed by atoms with van der Waals surface area (Å²) in [6, 6.07) is 10.3. The predicted octanol–water partition coefficient (Wildman–Crippen LogP) is 3.99. The van der Waals surface area contributed by atoms with Crippen LogP contribution in [0.4, 0.5) is 10.2 Å². The Hall–Kier alpha value is -2.53. The fourth-order valence-corrected chi connectivity index (χ4v) is 2.27. The minimum Gasteiger partial charge on any atom is -0.368 e. The minimum absolute atomic E-state index is 0.0712. The summed E-state index contributed by atoms with van der Waals surface area (Å²) in [6.45, 7) is 0.716. The number of nitrogens with zero attached hydrogens (tertiary/aromatic N) is 3. The Balaban J connectivity index is 1.61. The average molecular weight is 329 g/mol. The first-order valence-electron chi connectivity index (χ1n) is 7.13. The van der Waals surface area contributed by atoms with Crippen LogP contribution in [0.5, 0.6) is 0 Å². The lowest BCUT2D eigenvalue weighted by Gasteiger charge is -2.06. The van der Waals surface area contributed by atoms with Crippen LogP contribution in [0.25, 0.3) is 11.3 Å². The fourth-order valence-electron chi connectivity index (χ4n) is 2.09. The van der Waals surface area contributed by atoms with Crippen molar-refractivity contribution in [1.82, 2.24) is 15.0 Å². The molecule has 0 amide bonds. The Morgan fingerprint density at radius 1 is 1.04 bits per heavy atom. The number of pyridine rings is 1. The molecule has 0 atom stereocenters. The molecule has 0 unspecified atom stereocenters. The Kier molecular flexibility index (Phi) is 4.78. The summed E-state index contributed by atoms with van der Waals surface area (Å²) >= 11 is 5.78. The topological polar surface area (TPSA) is 50.7 Å². The second kappa shape index (κ2) is 7.15. The van der Waals surface area contributed by atoms with E-state index >= 15 is 0 Å². The van der Waals surface area contributed by atoms with Crippen molar-refractivity contribution in [3.63, 3.8) is 0 Å². The Morgan fingerprint density at radius 3 is 2.65 bits per heavy atom. The van der Waals surface area contributed by atoms with E-state index in [-0.39, 0.29) is 5.02 Å². The van der Waals surface area contributed by atoms with Crippen LogP contribution >= 0.6 is 11.6 Å². The van der Waals surface area contributed by atoms with Crippen molar-refractivity contribution in [2.45, 2.75) is 6.42 Å². The highest BCUT2D eigenvalue weighted by Gasteiger charge is 2.05. The van der Waals surface area contributed by atoms with E-state index in [2.05, 4.69) is 20.3 Å². The van der Waals surface area contributed by atoms with E-state index in [9.17, 15) is 4.39 Å². The zero-order chi connectivity index (χ0) is 16.1. The molecular formula is C17H14ClFN4. The maximum absolute atomic E-state index is 13.2. The largest absolute Gasteiger partial charge is 0.368 e. The van der Waals surface area contributed by atoms with Gasteiger partial charge in [0.15, 0.2) is 0 Å². The number of hydrogen-bond acceptors (Lipinski definition) is 4. The predicted molar refractivity (Wildman–Crippen MR) is 88.9 cm³/mol. The number of halogens is 2. The molecule has 3 aromatic rings. The quantitative estimate of drug-likeness (QED) is 0.769. The van der Waals surface area contributed by atoms with Crippen molar-refractivity contribution in [1.29, 1.82) is 0 Å². The summed E-state index contributed by atoms with van der Waals surface area (Å²) in [5.74, 6) is 0.231. The summed E-state index contributed by atoms with van der Waals surface area (Å²) in [5.41, 5.74) is 2.39. The van der Waals surface area contributed by atoms with Crippen molar-refractivity contribution in [3.8, 4) is 11.3 Å². The highest BCUT2D eigenvalue weighted by molar-refractivity contribution is 6.31.